The summed E-state index contributed by atoms with van der Waals surface area (Å²) in [6, 6.07) is 2.09. The van der Waals surface area contributed by atoms with Crippen molar-refractivity contribution in [2.75, 3.05) is 12.3 Å². The van der Waals surface area contributed by atoms with Crippen molar-refractivity contribution < 1.29 is 18.0 Å². The fourth-order valence-corrected chi connectivity index (χ4v) is 2.57. The van der Waals surface area contributed by atoms with Crippen molar-refractivity contribution in [1.29, 1.82) is 0 Å². The number of nitrogens with one attached hydrogen (secondary N) is 1. The van der Waals surface area contributed by atoms with Gasteiger partial charge in [0, 0.05) is 11.9 Å². The van der Waals surface area contributed by atoms with Gasteiger partial charge in [0.05, 0.1) is 5.69 Å². The van der Waals surface area contributed by atoms with Crippen LogP contribution in [-0.2, 0) is 6.18 Å². The highest BCUT2D eigenvalue weighted by Gasteiger charge is 2.33. The van der Waals surface area contributed by atoms with Gasteiger partial charge >= 0.3 is 6.18 Å². The van der Waals surface area contributed by atoms with Crippen molar-refractivity contribution in [3.05, 3.63) is 22.7 Å². The summed E-state index contributed by atoms with van der Waals surface area (Å²) in [5.41, 5.74) is 4.92. The number of nitrogens with zero attached hydrogens (tertiary/aromatic N) is 1. The predicted octanol–water partition coefficient (Wildman–Crippen LogP) is 2.65. The molecule has 102 valence electrons. The van der Waals surface area contributed by atoms with Crippen molar-refractivity contribution in [3.63, 3.8) is 0 Å². The normalized spacial score (nSPS) is 11.8. The lowest BCUT2D eigenvalue weighted by atomic mass is 10.2. The molecule has 0 unspecified atom stereocenters. The number of hydrogen-bond donors (Lipinski definition) is 2. The quantitative estimate of drug-likeness (QED) is 0.893. The predicted molar refractivity (Wildman–Crippen MR) is 67.0 cm³/mol. The smallest absolute Gasteiger partial charge is 0.397 e. The van der Waals surface area contributed by atoms with E-state index >= 15 is 0 Å². The molecule has 2 heterocycles. The van der Waals surface area contributed by atoms with Gasteiger partial charge in [-0.1, -0.05) is 0 Å². The average molecular weight is 289 g/mol. The number of fused-ring (bicyclic) bond motifs is 1. The number of rotatable bonds is 2. The Kier molecular flexibility index (Phi) is 3.36. The fourth-order valence-electron chi connectivity index (χ4n) is 1.56. The molecule has 0 fully saturated rings. The number of pyridine rings is 1. The van der Waals surface area contributed by atoms with Gasteiger partial charge < -0.3 is 11.1 Å². The van der Waals surface area contributed by atoms with Gasteiger partial charge in [0.15, 0.2) is 0 Å². The number of halogens is 3. The van der Waals surface area contributed by atoms with Gasteiger partial charge in [-0.15, -0.1) is 11.3 Å². The van der Waals surface area contributed by atoms with Gasteiger partial charge in [-0.05, 0) is 19.1 Å². The fraction of sp³-hybridized carbons (Fsp3) is 0.273. The maximum Gasteiger partial charge on any atom is 0.433 e. The van der Waals surface area contributed by atoms with Gasteiger partial charge in [-0.3, -0.25) is 4.79 Å². The molecule has 0 aromatic carbocycles. The molecule has 3 N–H and O–H groups in total. The lowest BCUT2D eigenvalue weighted by Gasteiger charge is -2.04. The number of anilines is 1. The minimum atomic E-state index is -4.52. The molecule has 19 heavy (non-hydrogen) atoms. The zero-order chi connectivity index (χ0) is 14.2. The lowest BCUT2D eigenvalue weighted by Crippen LogP contribution is -2.22. The molecule has 0 atom stereocenters. The van der Waals surface area contributed by atoms with Crippen LogP contribution in [0.2, 0.25) is 0 Å². The van der Waals surface area contributed by atoms with Crippen LogP contribution in [0.15, 0.2) is 12.1 Å². The topological polar surface area (TPSA) is 68.0 Å². The van der Waals surface area contributed by atoms with Gasteiger partial charge in [0.25, 0.3) is 5.91 Å². The first-order chi connectivity index (χ1) is 8.84. The highest BCUT2D eigenvalue weighted by atomic mass is 32.1. The molecule has 0 bridgehead atoms. The average Bonchev–Trinajstić information content (AvgIpc) is 2.66. The van der Waals surface area contributed by atoms with Gasteiger partial charge in [-0.2, -0.15) is 13.2 Å². The molecule has 0 saturated carbocycles. The largest absolute Gasteiger partial charge is 0.433 e. The first kappa shape index (κ1) is 13.6. The van der Waals surface area contributed by atoms with Crippen LogP contribution in [-0.4, -0.2) is 17.4 Å². The second kappa shape index (κ2) is 4.69. The number of nitrogen functional groups attached to an aromatic ring is 1. The highest BCUT2D eigenvalue weighted by molar-refractivity contribution is 7.21. The van der Waals surface area contributed by atoms with E-state index in [1.807, 2.05) is 0 Å². The molecule has 2 aromatic heterocycles. The SMILES string of the molecule is CCNC(=O)c1sc2nc(C(F)(F)F)ccc2c1N. The summed E-state index contributed by atoms with van der Waals surface area (Å²) in [7, 11) is 0. The van der Waals surface area contributed by atoms with E-state index in [2.05, 4.69) is 10.3 Å². The summed E-state index contributed by atoms with van der Waals surface area (Å²) in [6.45, 7) is 2.15. The van der Waals surface area contributed by atoms with Crippen molar-refractivity contribution >= 4 is 33.1 Å². The maximum absolute atomic E-state index is 12.5. The van der Waals surface area contributed by atoms with E-state index in [1.165, 1.54) is 6.07 Å². The van der Waals surface area contributed by atoms with Gasteiger partial charge in [-0.25, -0.2) is 4.98 Å². The summed E-state index contributed by atoms with van der Waals surface area (Å²) in [4.78, 5) is 15.5. The van der Waals surface area contributed by atoms with Crippen LogP contribution in [0.25, 0.3) is 10.2 Å². The molecule has 1 amide bonds. The second-order valence-electron chi connectivity index (χ2n) is 3.75. The molecule has 2 aromatic rings. The van der Waals surface area contributed by atoms with Crippen LogP contribution in [0.4, 0.5) is 18.9 Å². The van der Waals surface area contributed by atoms with E-state index in [-0.39, 0.29) is 15.4 Å². The molecule has 0 aliphatic carbocycles. The van der Waals surface area contributed by atoms with E-state index in [0.29, 0.717) is 11.9 Å². The third-order valence-corrected chi connectivity index (χ3v) is 3.54. The number of carbonyl (C=O) groups excluding carboxylic acids is 1. The zero-order valence-electron chi connectivity index (χ0n) is 9.84. The van der Waals surface area contributed by atoms with Crippen molar-refractivity contribution in [1.82, 2.24) is 10.3 Å². The van der Waals surface area contributed by atoms with Crippen molar-refractivity contribution in [2.24, 2.45) is 0 Å². The first-order valence-electron chi connectivity index (χ1n) is 5.39. The first-order valence-corrected chi connectivity index (χ1v) is 6.20. The Balaban J connectivity index is 2.54. The molecule has 8 heteroatoms. The molecule has 0 spiro atoms. The number of nitrogens with two attached hydrogens (primary N) is 1. The highest BCUT2D eigenvalue weighted by Crippen LogP contribution is 2.35. The minimum absolute atomic E-state index is 0.105. The van der Waals surface area contributed by atoms with E-state index in [4.69, 9.17) is 5.73 Å². The number of amides is 1. The maximum atomic E-state index is 12.5. The summed E-state index contributed by atoms with van der Waals surface area (Å²) in [5, 5.41) is 2.91. The van der Waals surface area contributed by atoms with Gasteiger partial charge in [0.1, 0.15) is 15.4 Å². The Hall–Kier alpha value is -1.83. The van der Waals surface area contributed by atoms with Crippen molar-refractivity contribution in [2.45, 2.75) is 13.1 Å². The van der Waals surface area contributed by atoms with Crippen LogP contribution in [0.5, 0.6) is 0 Å². The summed E-state index contributed by atoms with van der Waals surface area (Å²) in [6.07, 6.45) is -4.52. The summed E-state index contributed by atoms with van der Waals surface area (Å²) < 4.78 is 37.6. The van der Waals surface area contributed by atoms with Crippen LogP contribution in [0.1, 0.15) is 22.3 Å². The van der Waals surface area contributed by atoms with E-state index in [9.17, 15) is 18.0 Å². The molecule has 0 saturated heterocycles. The summed E-state index contributed by atoms with van der Waals surface area (Å²) >= 11 is 0.854. The number of aromatic nitrogens is 1. The molecular weight excluding hydrogens is 279 g/mol. The van der Waals surface area contributed by atoms with E-state index in [1.54, 1.807) is 6.92 Å². The standard InChI is InChI=1S/C11H10F3N3OS/c1-2-16-9(18)8-7(15)5-3-4-6(11(12,13)14)17-10(5)19-8/h3-4H,2,15H2,1H3,(H,16,18). The zero-order valence-corrected chi connectivity index (χ0v) is 10.7. The molecule has 0 radical (unpaired) electrons. The Morgan fingerprint density at radius 1 is 1.47 bits per heavy atom. The third-order valence-electron chi connectivity index (χ3n) is 2.43. The summed E-state index contributed by atoms with van der Waals surface area (Å²) in [5.74, 6) is -0.406. The van der Waals surface area contributed by atoms with Crippen molar-refractivity contribution in [3.8, 4) is 0 Å². The van der Waals surface area contributed by atoms with Crippen LogP contribution < -0.4 is 11.1 Å². The van der Waals surface area contributed by atoms with Gasteiger partial charge in [0.2, 0.25) is 0 Å². The van der Waals surface area contributed by atoms with E-state index < -0.39 is 17.8 Å². The third kappa shape index (κ3) is 2.48. The molecule has 4 nitrogen and oxygen atoms in total. The second-order valence-corrected chi connectivity index (χ2v) is 4.75. The van der Waals surface area contributed by atoms with Crippen LogP contribution in [0.3, 0.4) is 0 Å². The Morgan fingerprint density at radius 2 is 2.16 bits per heavy atom. The molecule has 0 aliphatic rings. The minimum Gasteiger partial charge on any atom is -0.397 e. The lowest BCUT2D eigenvalue weighted by molar-refractivity contribution is -0.140. The number of alkyl halides is 3. The number of thiophene rings is 1. The number of carbonyl (C=O) groups is 1. The molecule has 2 rings (SSSR count). The molecular formula is C11H10F3N3OS. The van der Waals surface area contributed by atoms with Crippen LogP contribution in [0, 0.1) is 0 Å². The monoisotopic (exact) mass is 289 g/mol. The van der Waals surface area contributed by atoms with E-state index in [0.717, 1.165) is 17.4 Å². The number of hydrogen-bond acceptors (Lipinski definition) is 4. The Bertz CT molecular complexity index is 636. The molecule has 0 aliphatic heterocycles. The Morgan fingerprint density at radius 3 is 2.74 bits per heavy atom. The Labute approximate surface area is 110 Å². The van der Waals surface area contributed by atoms with Crippen LogP contribution >= 0.6 is 11.3 Å².